The van der Waals surface area contributed by atoms with Gasteiger partial charge in [0.25, 0.3) is 0 Å². The lowest BCUT2D eigenvalue weighted by Gasteiger charge is -2.04. The molecule has 0 radical (unpaired) electrons. The highest BCUT2D eigenvalue weighted by atomic mass is 19.2. The second-order valence-corrected chi connectivity index (χ2v) is 3.87. The van der Waals surface area contributed by atoms with Crippen LogP contribution in [0.25, 0.3) is 0 Å². The lowest BCUT2D eigenvalue weighted by Crippen LogP contribution is -1.97. The molecule has 4 heteroatoms. The van der Waals surface area contributed by atoms with Gasteiger partial charge in [-0.1, -0.05) is 12.1 Å². The quantitative estimate of drug-likeness (QED) is 0.832. The summed E-state index contributed by atoms with van der Waals surface area (Å²) in [5.41, 5.74) is 1.88. The third-order valence-electron chi connectivity index (χ3n) is 2.66. The van der Waals surface area contributed by atoms with Gasteiger partial charge in [-0.05, 0) is 42.2 Å². The molecule has 0 fully saturated rings. The van der Waals surface area contributed by atoms with Gasteiger partial charge < -0.3 is 0 Å². The second-order valence-electron chi connectivity index (χ2n) is 3.87. The third-order valence-corrected chi connectivity index (χ3v) is 2.66. The van der Waals surface area contributed by atoms with Gasteiger partial charge in [-0.25, -0.2) is 13.8 Å². The summed E-state index contributed by atoms with van der Waals surface area (Å²) in [5.74, 6) is -1.70. The summed E-state index contributed by atoms with van der Waals surface area (Å²) < 4.78 is 25.8. The summed E-state index contributed by atoms with van der Waals surface area (Å²) in [6, 6.07) is 9.40. The number of hydrogen-bond donors (Lipinski definition) is 0. The van der Waals surface area contributed by atoms with Crippen LogP contribution in [0.2, 0.25) is 0 Å². The van der Waals surface area contributed by atoms with Crippen molar-refractivity contribution in [1.29, 1.82) is 5.26 Å². The Kier molecular flexibility index (Phi) is 3.63. The predicted octanol–water partition coefficient (Wildman–Crippen LogP) is 3.02. The average Bonchev–Trinajstić information content (AvgIpc) is 2.40. The van der Waals surface area contributed by atoms with Crippen LogP contribution in [0.15, 0.2) is 36.5 Å². The maximum Gasteiger partial charge on any atom is 0.159 e. The molecule has 0 unspecified atom stereocenters. The van der Waals surface area contributed by atoms with Crippen molar-refractivity contribution >= 4 is 0 Å². The minimum absolute atomic E-state index is 0.375. The Labute approximate surface area is 104 Å². The maximum absolute atomic E-state index is 13.0. The van der Waals surface area contributed by atoms with Gasteiger partial charge in [-0.3, -0.25) is 0 Å². The van der Waals surface area contributed by atoms with Crippen molar-refractivity contribution in [2.75, 3.05) is 0 Å². The average molecular weight is 244 g/mol. The number of rotatable bonds is 3. The Morgan fingerprint density at radius 2 is 1.94 bits per heavy atom. The summed E-state index contributed by atoms with van der Waals surface area (Å²) in [6.45, 7) is 0. The molecule has 0 saturated heterocycles. The molecule has 2 nitrogen and oxygen atoms in total. The molecule has 0 aliphatic carbocycles. The molecular formula is C14H10F2N2. The zero-order chi connectivity index (χ0) is 13.0. The fraction of sp³-hybridized carbons (Fsp3) is 0.143. The predicted molar refractivity (Wildman–Crippen MR) is 62.7 cm³/mol. The Balaban J connectivity index is 2.12. The minimum atomic E-state index is -0.849. The van der Waals surface area contributed by atoms with Gasteiger partial charge in [0.1, 0.15) is 11.8 Å². The largest absolute Gasteiger partial charge is 0.245 e. The highest BCUT2D eigenvalue weighted by Crippen LogP contribution is 2.13. The van der Waals surface area contributed by atoms with Gasteiger partial charge in [-0.2, -0.15) is 5.26 Å². The monoisotopic (exact) mass is 244 g/mol. The summed E-state index contributed by atoms with van der Waals surface area (Å²) in [7, 11) is 0. The first kappa shape index (κ1) is 12.2. The Morgan fingerprint density at radius 3 is 2.67 bits per heavy atom. The standard InChI is InChI=1S/C14H10F2N2/c15-12-6-4-10(8-13(12)16)3-5-11-2-1-7-18-14(11)9-17/h1-2,4,6-8H,3,5H2. The van der Waals surface area contributed by atoms with Crippen molar-refractivity contribution in [2.45, 2.75) is 12.8 Å². The first-order chi connectivity index (χ1) is 8.70. The van der Waals surface area contributed by atoms with E-state index in [2.05, 4.69) is 4.98 Å². The summed E-state index contributed by atoms with van der Waals surface area (Å²) in [4.78, 5) is 3.95. The van der Waals surface area contributed by atoms with Crippen LogP contribution in [0.1, 0.15) is 16.8 Å². The van der Waals surface area contributed by atoms with Crippen LogP contribution >= 0.6 is 0 Å². The van der Waals surface area contributed by atoms with Gasteiger partial charge in [-0.15, -0.1) is 0 Å². The van der Waals surface area contributed by atoms with E-state index in [0.717, 1.165) is 11.6 Å². The van der Waals surface area contributed by atoms with Gasteiger partial charge in [0.15, 0.2) is 11.6 Å². The van der Waals surface area contributed by atoms with Crippen molar-refractivity contribution in [1.82, 2.24) is 4.98 Å². The highest BCUT2D eigenvalue weighted by Gasteiger charge is 2.05. The molecule has 90 valence electrons. The van der Waals surface area contributed by atoms with E-state index in [9.17, 15) is 8.78 Å². The molecule has 2 rings (SSSR count). The van der Waals surface area contributed by atoms with Crippen LogP contribution in [0.4, 0.5) is 8.78 Å². The van der Waals surface area contributed by atoms with E-state index in [1.807, 2.05) is 12.1 Å². The molecule has 0 atom stereocenters. The normalized spacial score (nSPS) is 10.1. The number of benzene rings is 1. The molecule has 0 N–H and O–H groups in total. The Hall–Kier alpha value is -2.28. The first-order valence-corrected chi connectivity index (χ1v) is 5.48. The Bertz CT molecular complexity index is 603. The number of hydrogen-bond acceptors (Lipinski definition) is 2. The van der Waals surface area contributed by atoms with Gasteiger partial charge in [0.05, 0.1) is 0 Å². The number of aromatic nitrogens is 1. The van der Waals surface area contributed by atoms with E-state index in [0.29, 0.717) is 24.1 Å². The van der Waals surface area contributed by atoms with Crippen molar-refractivity contribution in [3.05, 3.63) is 65.0 Å². The highest BCUT2D eigenvalue weighted by molar-refractivity contribution is 5.31. The number of nitriles is 1. The number of nitrogens with zero attached hydrogens (tertiary/aromatic N) is 2. The van der Waals surface area contributed by atoms with E-state index in [1.165, 1.54) is 6.07 Å². The fourth-order valence-electron chi connectivity index (χ4n) is 1.72. The molecule has 0 spiro atoms. The number of halogens is 2. The number of pyridine rings is 1. The van der Waals surface area contributed by atoms with E-state index in [1.54, 1.807) is 18.3 Å². The van der Waals surface area contributed by atoms with Crippen molar-refractivity contribution in [3.63, 3.8) is 0 Å². The van der Waals surface area contributed by atoms with Crippen LogP contribution in [-0.4, -0.2) is 4.98 Å². The SMILES string of the molecule is N#Cc1ncccc1CCc1ccc(F)c(F)c1. The fourth-order valence-corrected chi connectivity index (χ4v) is 1.72. The van der Waals surface area contributed by atoms with Gasteiger partial charge >= 0.3 is 0 Å². The van der Waals surface area contributed by atoms with Gasteiger partial charge in [0.2, 0.25) is 0 Å². The molecule has 0 saturated carbocycles. The molecule has 0 bridgehead atoms. The lowest BCUT2D eigenvalue weighted by molar-refractivity contribution is 0.507. The molecule has 0 aliphatic heterocycles. The molecular weight excluding hydrogens is 234 g/mol. The van der Waals surface area contributed by atoms with Crippen LogP contribution in [0.5, 0.6) is 0 Å². The topological polar surface area (TPSA) is 36.7 Å². The van der Waals surface area contributed by atoms with Crippen LogP contribution in [0, 0.1) is 23.0 Å². The van der Waals surface area contributed by atoms with E-state index in [4.69, 9.17) is 5.26 Å². The van der Waals surface area contributed by atoms with E-state index in [-0.39, 0.29) is 0 Å². The van der Waals surface area contributed by atoms with Crippen molar-refractivity contribution in [2.24, 2.45) is 0 Å². The molecule has 1 aromatic carbocycles. The molecule has 18 heavy (non-hydrogen) atoms. The number of aryl methyl sites for hydroxylation is 2. The first-order valence-electron chi connectivity index (χ1n) is 5.48. The molecule has 1 heterocycles. The van der Waals surface area contributed by atoms with Crippen molar-refractivity contribution < 1.29 is 8.78 Å². The summed E-state index contributed by atoms with van der Waals surface area (Å²) in [6.07, 6.45) is 2.67. The van der Waals surface area contributed by atoms with Crippen LogP contribution < -0.4 is 0 Å². The third kappa shape index (κ3) is 2.69. The van der Waals surface area contributed by atoms with Crippen LogP contribution in [0.3, 0.4) is 0 Å². The van der Waals surface area contributed by atoms with Crippen molar-refractivity contribution in [3.8, 4) is 6.07 Å². The molecule has 0 aliphatic rings. The Morgan fingerprint density at radius 1 is 1.11 bits per heavy atom. The molecule has 0 amide bonds. The summed E-state index contributed by atoms with van der Waals surface area (Å²) in [5, 5.41) is 8.87. The lowest BCUT2D eigenvalue weighted by atomic mass is 10.0. The van der Waals surface area contributed by atoms with Crippen LogP contribution in [-0.2, 0) is 12.8 Å². The molecule has 1 aromatic heterocycles. The van der Waals surface area contributed by atoms with E-state index >= 15 is 0 Å². The molecule has 2 aromatic rings. The summed E-state index contributed by atoms with van der Waals surface area (Å²) >= 11 is 0. The van der Waals surface area contributed by atoms with E-state index < -0.39 is 11.6 Å². The minimum Gasteiger partial charge on any atom is -0.245 e. The zero-order valence-corrected chi connectivity index (χ0v) is 9.53. The second kappa shape index (κ2) is 5.37. The maximum atomic E-state index is 13.0. The smallest absolute Gasteiger partial charge is 0.159 e. The zero-order valence-electron chi connectivity index (χ0n) is 9.53. The van der Waals surface area contributed by atoms with Gasteiger partial charge in [0, 0.05) is 6.20 Å².